The van der Waals surface area contributed by atoms with Crippen molar-refractivity contribution in [2.75, 3.05) is 44.2 Å². The molecule has 33 heavy (non-hydrogen) atoms. The minimum absolute atomic E-state index is 0.0242. The number of nitrogens with zero attached hydrogens (tertiary/aromatic N) is 4. The highest BCUT2D eigenvalue weighted by molar-refractivity contribution is 7.89. The third-order valence-electron chi connectivity index (χ3n) is 6.85. The van der Waals surface area contributed by atoms with Gasteiger partial charge in [0.2, 0.25) is 15.9 Å². The van der Waals surface area contributed by atoms with Crippen LogP contribution in [0.4, 0.5) is 11.4 Å². The molecule has 11 heteroatoms. The number of amides is 1. The lowest BCUT2D eigenvalue weighted by atomic mass is 10.2. The van der Waals surface area contributed by atoms with E-state index in [-0.39, 0.29) is 22.5 Å². The van der Waals surface area contributed by atoms with Crippen LogP contribution in [0.25, 0.3) is 0 Å². The van der Waals surface area contributed by atoms with Gasteiger partial charge in [-0.3, -0.25) is 19.8 Å². The molecule has 1 N–H and O–H groups in total. The summed E-state index contributed by atoms with van der Waals surface area (Å²) >= 11 is 0. The summed E-state index contributed by atoms with van der Waals surface area (Å²) in [5, 5.41) is 14.9. The first kappa shape index (κ1) is 23.9. The Balaban J connectivity index is 1.47. The zero-order valence-corrected chi connectivity index (χ0v) is 19.9. The normalized spacial score (nSPS) is 21.9. The zero-order chi connectivity index (χ0) is 23.6. The van der Waals surface area contributed by atoms with Crippen LogP contribution in [0.2, 0.25) is 0 Å². The van der Waals surface area contributed by atoms with Crippen LogP contribution in [0.5, 0.6) is 0 Å². The van der Waals surface area contributed by atoms with Crippen LogP contribution in [0.1, 0.15) is 45.4 Å². The third kappa shape index (κ3) is 5.47. The maximum Gasteiger partial charge on any atom is 0.293 e. The molecule has 4 rings (SSSR count). The van der Waals surface area contributed by atoms with E-state index in [0.29, 0.717) is 51.0 Å². The van der Waals surface area contributed by atoms with Crippen LogP contribution in [0.3, 0.4) is 0 Å². The number of rotatable bonds is 7. The van der Waals surface area contributed by atoms with Gasteiger partial charge in [0.1, 0.15) is 5.69 Å². The first-order valence-corrected chi connectivity index (χ1v) is 13.3. The fraction of sp³-hybridized carbons (Fsp3) is 0.682. The van der Waals surface area contributed by atoms with Crippen molar-refractivity contribution in [3.8, 4) is 0 Å². The van der Waals surface area contributed by atoms with Crippen LogP contribution >= 0.6 is 0 Å². The second-order valence-electron chi connectivity index (χ2n) is 9.21. The van der Waals surface area contributed by atoms with Crippen molar-refractivity contribution in [3.63, 3.8) is 0 Å². The van der Waals surface area contributed by atoms with Crippen molar-refractivity contribution < 1.29 is 18.1 Å². The monoisotopic (exact) mass is 479 g/mol. The third-order valence-corrected chi connectivity index (χ3v) is 8.75. The van der Waals surface area contributed by atoms with Gasteiger partial charge in [0.15, 0.2) is 0 Å². The van der Waals surface area contributed by atoms with Crippen LogP contribution in [0, 0.1) is 10.1 Å². The lowest BCUT2D eigenvalue weighted by Crippen LogP contribution is -2.54. The molecular formula is C22H33N5O5S. The summed E-state index contributed by atoms with van der Waals surface area (Å²) in [6.07, 6.45) is 5.69. The molecule has 0 spiro atoms. The van der Waals surface area contributed by atoms with Gasteiger partial charge in [-0.1, -0.05) is 12.8 Å². The van der Waals surface area contributed by atoms with Gasteiger partial charge in [0.05, 0.1) is 15.9 Å². The highest BCUT2D eigenvalue weighted by atomic mass is 32.2. The lowest BCUT2D eigenvalue weighted by molar-refractivity contribution is -0.384. The second-order valence-corrected chi connectivity index (χ2v) is 11.1. The molecule has 0 aromatic heterocycles. The van der Waals surface area contributed by atoms with Crippen molar-refractivity contribution in [1.29, 1.82) is 0 Å². The van der Waals surface area contributed by atoms with Crippen molar-refractivity contribution in [3.05, 3.63) is 28.3 Å². The molecule has 2 heterocycles. The minimum atomic E-state index is -3.77. The maximum absolute atomic E-state index is 13.1. The quantitative estimate of drug-likeness (QED) is 0.469. The van der Waals surface area contributed by atoms with E-state index >= 15 is 0 Å². The molecule has 0 radical (unpaired) electrons. The molecule has 3 fully saturated rings. The predicted octanol–water partition coefficient (Wildman–Crippen LogP) is 1.95. The molecule has 1 aliphatic carbocycles. The van der Waals surface area contributed by atoms with E-state index in [2.05, 4.69) is 10.2 Å². The molecule has 1 aromatic rings. The van der Waals surface area contributed by atoms with E-state index in [4.69, 9.17) is 0 Å². The van der Waals surface area contributed by atoms with Gasteiger partial charge in [0.25, 0.3) is 5.69 Å². The van der Waals surface area contributed by atoms with Crippen LogP contribution in [-0.4, -0.2) is 79.8 Å². The van der Waals surface area contributed by atoms with Gasteiger partial charge in [-0.05, 0) is 44.7 Å². The van der Waals surface area contributed by atoms with Crippen LogP contribution in [0.15, 0.2) is 23.1 Å². The number of carbonyl (C=O) groups is 1. The van der Waals surface area contributed by atoms with E-state index in [9.17, 15) is 23.3 Å². The Morgan fingerprint density at radius 2 is 1.70 bits per heavy atom. The largest absolute Gasteiger partial charge is 0.363 e. The lowest BCUT2D eigenvalue weighted by Gasteiger charge is -2.38. The molecular weight excluding hydrogens is 446 g/mol. The fourth-order valence-corrected chi connectivity index (χ4v) is 6.11. The molecule has 3 aliphatic rings. The van der Waals surface area contributed by atoms with E-state index in [1.165, 1.54) is 16.4 Å². The number of benzene rings is 1. The van der Waals surface area contributed by atoms with Crippen molar-refractivity contribution >= 4 is 27.3 Å². The fourth-order valence-electron chi connectivity index (χ4n) is 4.57. The van der Waals surface area contributed by atoms with Gasteiger partial charge >= 0.3 is 0 Å². The number of sulfonamides is 1. The highest BCUT2D eigenvalue weighted by Crippen LogP contribution is 2.33. The summed E-state index contributed by atoms with van der Waals surface area (Å²) in [6.45, 7) is 5.05. The summed E-state index contributed by atoms with van der Waals surface area (Å²) in [7, 11) is -3.77. The molecule has 1 unspecified atom stereocenters. The Bertz CT molecular complexity index is 981. The molecule has 1 aromatic carbocycles. The van der Waals surface area contributed by atoms with Crippen LogP contribution in [-0.2, 0) is 14.8 Å². The SMILES string of the molecule is CC(C(=O)NC1CC1)N1CCN(c2ccc(S(=O)(=O)N3CCCCCC3)cc2[N+](=O)[O-])CC1. The van der Waals surface area contributed by atoms with Gasteiger partial charge in [-0.25, -0.2) is 8.42 Å². The number of hydrogen-bond donors (Lipinski definition) is 1. The van der Waals surface area contributed by atoms with E-state index in [1.54, 1.807) is 6.07 Å². The Morgan fingerprint density at radius 3 is 2.27 bits per heavy atom. The Labute approximate surface area is 195 Å². The number of nitro groups is 1. The minimum Gasteiger partial charge on any atom is -0.363 e. The van der Waals surface area contributed by atoms with Crippen molar-refractivity contribution in [1.82, 2.24) is 14.5 Å². The first-order chi connectivity index (χ1) is 15.8. The number of anilines is 1. The molecule has 1 atom stereocenters. The summed E-state index contributed by atoms with van der Waals surface area (Å²) < 4.78 is 27.7. The molecule has 2 saturated heterocycles. The molecule has 182 valence electrons. The number of nitro benzene ring substituents is 1. The van der Waals surface area contributed by atoms with Crippen molar-refractivity contribution in [2.45, 2.75) is 62.4 Å². The van der Waals surface area contributed by atoms with E-state index in [0.717, 1.165) is 38.5 Å². The molecule has 0 bridgehead atoms. The number of hydrogen-bond acceptors (Lipinski definition) is 7. The smallest absolute Gasteiger partial charge is 0.293 e. The average molecular weight is 480 g/mol. The first-order valence-electron chi connectivity index (χ1n) is 11.9. The number of nitrogens with one attached hydrogen (secondary N) is 1. The van der Waals surface area contributed by atoms with Gasteiger partial charge in [-0.15, -0.1) is 0 Å². The Morgan fingerprint density at radius 1 is 1.06 bits per heavy atom. The van der Waals surface area contributed by atoms with Gasteiger partial charge in [0, 0.05) is 51.4 Å². The topological polar surface area (TPSA) is 116 Å². The number of piperazine rings is 1. The Kier molecular flexibility index (Phi) is 7.20. The number of carbonyl (C=O) groups excluding carboxylic acids is 1. The van der Waals surface area contributed by atoms with Gasteiger partial charge < -0.3 is 10.2 Å². The summed E-state index contributed by atoms with van der Waals surface area (Å²) in [6, 6.07) is 4.31. The molecule has 1 saturated carbocycles. The predicted molar refractivity (Wildman–Crippen MR) is 125 cm³/mol. The molecule has 1 amide bonds. The second kappa shape index (κ2) is 9.94. The summed E-state index contributed by atoms with van der Waals surface area (Å²) in [4.78, 5) is 27.7. The maximum atomic E-state index is 13.1. The zero-order valence-electron chi connectivity index (χ0n) is 19.1. The van der Waals surface area contributed by atoms with E-state index < -0.39 is 14.9 Å². The standard InChI is InChI=1S/C22H33N5O5S/c1-17(22(28)23-18-6-7-18)24-12-14-25(15-13-24)20-9-8-19(16-21(20)27(29)30)33(31,32)26-10-4-2-3-5-11-26/h8-9,16-18H,2-7,10-15H2,1H3,(H,23,28). The summed E-state index contributed by atoms with van der Waals surface area (Å²) in [5.74, 6) is 0.0278. The highest BCUT2D eigenvalue weighted by Gasteiger charge is 2.33. The molecule has 2 aliphatic heterocycles. The Hall–Kier alpha value is -2.24. The summed E-state index contributed by atoms with van der Waals surface area (Å²) in [5.41, 5.74) is 0.225. The average Bonchev–Trinajstić information content (AvgIpc) is 3.65. The van der Waals surface area contributed by atoms with Crippen LogP contribution < -0.4 is 10.2 Å². The van der Waals surface area contributed by atoms with Gasteiger partial charge in [-0.2, -0.15) is 4.31 Å². The molecule has 10 nitrogen and oxygen atoms in total. The van der Waals surface area contributed by atoms with E-state index in [1.807, 2.05) is 11.8 Å². The van der Waals surface area contributed by atoms with Crippen molar-refractivity contribution in [2.24, 2.45) is 0 Å².